The quantitative estimate of drug-likeness (QED) is 0.910. The van der Waals surface area contributed by atoms with Crippen molar-refractivity contribution in [2.75, 3.05) is 5.32 Å². The summed E-state index contributed by atoms with van der Waals surface area (Å²) in [4.78, 5) is 11.9. The van der Waals surface area contributed by atoms with E-state index < -0.39 is 0 Å². The molecule has 0 heterocycles. The summed E-state index contributed by atoms with van der Waals surface area (Å²) < 4.78 is 0. The van der Waals surface area contributed by atoms with Crippen LogP contribution in [0.4, 0.5) is 5.69 Å². The molecule has 0 aliphatic carbocycles. The number of nitrogens with zero attached hydrogens (tertiary/aromatic N) is 1. The van der Waals surface area contributed by atoms with Crippen LogP contribution in [0.5, 0.6) is 0 Å². The Balaban J connectivity index is 1.99. The Bertz CT molecular complexity index is 624. The van der Waals surface area contributed by atoms with Crippen LogP contribution in [-0.4, -0.2) is 5.91 Å². The molecule has 3 heteroatoms. The molecular weight excluding hydrogens is 236 g/mol. The summed E-state index contributed by atoms with van der Waals surface area (Å²) in [5.74, 6) is -0.0599. The van der Waals surface area contributed by atoms with Gasteiger partial charge in [0.2, 0.25) is 5.91 Å². The predicted octanol–water partition coefficient (Wildman–Crippen LogP) is 3.05. The second kappa shape index (κ2) is 5.83. The largest absolute Gasteiger partial charge is 0.326 e. The van der Waals surface area contributed by atoms with Crippen LogP contribution in [0.25, 0.3) is 0 Å². The van der Waals surface area contributed by atoms with Crippen molar-refractivity contribution in [2.45, 2.75) is 13.3 Å². The first-order valence-corrected chi connectivity index (χ1v) is 6.03. The minimum absolute atomic E-state index is 0.0599. The molecule has 0 aromatic heterocycles. The van der Waals surface area contributed by atoms with Gasteiger partial charge in [-0.05, 0) is 36.8 Å². The lowest BCUT2D eigenvalue weighted by Gasteiger charge is -2.06. The van der Waals surface area contributed by atoms with E-state index in [1.165, 1.54) is 0 Å². The van der Waals surface area contributed by atoms with Gasteiger partial charge in [-0.15, -0.1) is 0 Å². The number of rotatable bonds is 3. The van der Waals surface area contributed by atoms with E-state index in [0.29, 0.717) is 17.7 Å². The maximum absolute atomic E-state index is 11.9. The fourth-order valence-corrected chi connectivity index (χ4v) is 1.84. The van der Waals surface area contributed by atoms with Crippen molar-refractivity contribution in [1.29, 1.82) is 5.26 Å². The molecule has 3 nitrogen and oxygen atoms in total. The van der Waals surface area contributed by atoms with Gasteiger partial charge in [0.1, 0.15) is 0 Å². The molecule has 0 saturated heterocycles. The molecule has 19 heavy (non-hydrogen) atoms. The molecule has 0 bridgehead atoms. The van der Waals surface area contributed by atoms with Gasteiger partial charge in [0.05, 0.1) is 18.1 Å². The lowest BCUT2D eigenvalue weighted by molar-refractivity contribution is -0.115. The first-order valence-electron chi connectivity index (χ1n) is 6.03. The van der Waals surface area contributed by atoms with Crippen molar-refractivity contribution in [1.82, 2.24) is 0 Å². The molecule has 0 unspecified atom stereocenters. The van der Waals surface area contributed by atoms with Gasteiger partial charge in [0.15, 0.2) is 0 Å². The number of nitrogens with one attached hydrogen (secondary N) is 1. The highest BCUT2D eigenvalue weighted by molar-refractivity contribution is 5.92. The van der Waals surface area contributed by atoms with E-state index in [2.05, 4.69) is 5.32 Å². The maximum Gasteiger partial charge on any atom is 0.228 e. The lowest BCUT2D eigenvalue weighted by atomic mass is 10.1. The van der Waals surface area contributed by atoms with Crippen molar-refractivity contribution in [2.24, 2.45) is 0 Å². The molecular formula is C16H14N2O. The maximum atomic E-state index is 11.9. The molecule has 2 rings (SSSR count). The predicted molar refractivity (Wildman–Crippen MR) is 74.7 cm³/mol. The number of nitriles is 1. The van der Waals surface area contributed by atoms with Gasteiger partial charge >= 0.3 is 0 Å². The summed E-state index contributed by atoms with van der Waals surface area (Å²) in [7, 11) is 0. The summed E-state index contributed by atoms with van der Waals surface area (Å²) in [6.45, 7) is 2.00. The van der Waals surface area contributed by atoms with E-state index in [4.69, 9.17) is 5.26 Å². The number of carbonyl (C=O) groups excluding carboxylic acids is 1. The molecule has 0 aliphatic rings. The third-order valence-corrected chi connectivity index (χ3v) is 2.74. The van der Waals surface area contributed by atoms with Gasteiger partial charge < -0.3 is 5.32 Å². The monoisotopic (exact) mass is 250 g/mol. The van der Waals surface area contributed by atoms with Crippen LogP contribution in [0.3, 0.4) is 0 Å². The summed E-state index contributed by atoms with van der Waals surface area (Å²) in [5.41, 5.74) is 3.42. The van der Waals surface area contributed by atoms with Gasteiger partial charge in [-0.1, -0.05) is 29.8 Å². The molecule has 1 amide bonds. The van der Waals surface area contributed by atoms with Crippen LogP contribution in [0.15, 0.2) is 48.5 Å². The number of anilines is 1. The Kier molecular flexibility index (Phi) is 3.94. The summed E-state index contributed by atoms with van der Waals surface area (Å²) in [5, 5.41) is 11.5. The molecule has 0 saturated carbocycles. The second-order valence-electron chi connectivity index (χ2n) is 4.40. The first kappa shape index (κ1) is 12.8. The topological polar surface area (TPSA) is 52.9 Å². The van der Waals surface area contributed by atoms with Crippen molar-refractivity contribution in [3.63, 3.8) is 0 Å². The number of benzene rings is 2. The van der Waals surface area contributed by atoms with Crippen molar-refractivity contribution >= 4 is 11.6 Å². The molecule has 94 valence electrons. The Hall–Kier alpha value is -2.60. The zero-order valence-corrected chi connectivity index (χ0v) is 10.7. The number of carbonyl (C=O) groups is 1. The van der Waals surface area contributed by atoms with Crippen LogP contribution in [0, 0.1) is 18.3 Å². The third-order valence-electron chi connectivity index (χ3n) is 2.74. The van der Waals surface area contributed by atoms with Crippen LogP contribution < -0.4 is 5.32 Å². The SMILES string of the molecule is Cc1cccc(CC(=O)Nc2ccc(C#N)cc2)c1. The minimum atomic E-state index is -0.0599. The Labute approximate surface area is 112 Å². The molecule has 0 radical (unpaired) electrons. The van der Waals surface area contributed by atoms with Crippen molar-refractivity contribution in [3.05, 3.63) is 65.2 Å². The Morgan fingerprint density at radius 2 is 1.95 bits per heavy atom. The second-order valence-corrected chi connectivity index (χ2v) is 4.40. The zero-order valence-electron chi connectivity index (χ0n) is 10.7. The average molecular weight is 250 g/mol. The molecule has 0 fully saturated rings. The molecule has 0 atom stereocenters. The fourth-order valence-electron chi connectivity index (χ4n) is 1.84. The van der Waals surface area contributed by atoms with Gasteiger partial charge in [0.25, 0.3) is 0 Å². The summed E-state index contributed by atoms with van der Waals surface area (Å²) in [6.07, 6.45) is 0.349. The van der Waals surface area contributed by atoms with Crippen LogP contribution in [-0.2, 0) is 11.2 Å². The minimum Gasteiger partial charge on any atom is -0.326 e. The zero-order chi connectivity index (χ0) is 13.7. The normalized spacial score (nSPS) is 9.68. The number of amides is 1. The Morgan fingerprint density at radius 1 is 1.21 bits per heavy atom. The molecule has 2 aromatic rings. The number of hydrogen-bond acceptors (Lipinski definition) is 2. The average Bonchev–Trinajstić information content (AvgIpc) is 2.39. The third kappa shape index (κ3) is 3.68. The van der Waals surface area contributed by atoms with E-state index in [1.807, 2.05) is 37.3 Å². The summed E-state index contributed by atoms with van der Waals surface area (Å²) >= 11 is 0. The van der Waals surface area contributed by atoms with E-state index in [1.54, 1.807) is 24.3 Å². The standard InChI is InChI=1S/C16H14N2O/c1-12-3-2-4-14(9-12)10-16(19)18-15-7-5-13(11-17)6-8-15/h2-9H,10H2,1H3,(H,18,19). The number of aryl methyl sites for hydroxylation is 1. The van der Waals surface area contributed by atoms with E-state index in [0.717, 1.165) is 11.1 Å². The van der Waals surface area contributed by atoms with E-state index in [-0.39, 0.29) is 5.91 Å². The van der Waals surface area contributed by atoms with Crippen molar-refractivity contribution < 1.29 is 4.79 Å². The highest BCUT2D eigenvalue weighted by Crippen LogP contribution is 2.10. The van der Waals surface area contributed by atoms with Gasteiger partial charge in [-0.3, -0.25) is 4.79 Å². The lowest BCUT2D eigenvalue weighted by Crippen LogP contribution is -2.14. The van der Waals surface area contributed by atoms with Crippen molar-refractivity contribution in [3.8, 4) is 6.07 Å². The Morgan fingerprint density at radius 3 is 2.58 bits per heavy atom. The van der Waals surface area contributed by atoms with E-state index >= 15 is 0 Å². The molecule has 0 aliphatic heterocycles. The van der Waals surface area contributed by atoms with E-state index in [9.17, 15) is 4.79 Å². The molecule has 1 N–H and O–H groups in total. The summed E-state index contributed by atoms with van der Waals surface area (Å²) in [6, 6.07) is 16.7. The van der Waals surface area contributed by atoms with Crippen LogP contribution >= 0.6 is 0 Å². The van der Waals surface area contributed by atoms with Crippen LogP contribution in [0.2, 0.25) is 0 Å². The fraction of sp³-hybridized carbons (Fsp3) is 0.125. The molecule has 0 spiro atoms. The first-order chi connectivity index (χ1) is 9.17. The molecule has 2 aromatic carbocycles. The highest BCUT2D eigenvalue weighted by atomic mass is 16.1. The smallest absolute Gasteiger partial charge is 0.228 e. The number of hydrogen-bond donors (Lipinski definition) is 1. The highest BCUT2D eigenvalue weighted by Gasteiger charge is 2.04. The van der Waals surface area contributed by atoms with Gasteiger partial charge in [0, 0.05) is 5.69 Å². The van der Waals surface area contributed by atoms with Gasteiger partial charge in [-0.2, -0.15) is 5.26 Å². The van der Waals surface area contributed by atoms with Gasteiger partial charge in [-0.25, -0.2) is 0 Å². The van der Waals surface area contributed by atoms with Crippen LogP contribution in [0.1, 0.15) is 16.7 Å².